The van der Waals surface area contributed by atoms with Crippen LogP contribution in [0, 0.1) is 0 Å². The Labute approximate surface area is 189 Å². The number of amides is 1. The maximum Gasteiger partial charge on any atom is 0.261 e. The van der Waals surface area contributed by atoms with Gasteiger partial charge in [-0.05, 0) is 61.5 Å². The van der Waals surface area contributed by atoms with Crippen LogP contribution < -0.4 is 10.0 Å². The molecule has 0 bridgehead atoms. The number of halogens is 2. The molecule has 0 saturated heterocycles. The first-order valence-corrected chi connectivity index (χ1v) is 12.0. The molecule has 156 valence electrons. The van der Waals surface area contributed by atoms with Crippen LogP contribution in [0.25, 0.3) is 0 Å². The van der Waals surface area contributed by atoms with Gasteiger partial charge in [-0.15, -0.1) is 11.8 Å². The number of hydrogen-bond acceptors (Lipinski definition) is 4. The number of benzene rings is 3. The van der Waals surface area contributed by atoms with Gasteiger partial charge >= 0.3 is 0 Å². The van der Waals surface area contributed by atoms with E-state index < -0.39 is 15.3 Å². The lowest BCUT2D eigenvalue weighted by Gasteiger charge is -2.14. The summed E-state index contributed by atoms with van der Waals surface area (Å²) >= 11 is 13.4. The van der Waals surface area contributed by atoms with Gasteiger partial charge in [0.15, 0.2) is 0 Å². The molecule has 0 aliphatic carbocycles. The summed E-state index contributed by atoms with van der Waals surface area (Å²) in [6.07, 6.45) is 0. The molecule has 1 amide bonds. The molecule has 0 fully saturated rings. The second kappa shape index (κ2) is 9.75. The van der Waals surface area contributed by atoms with E-state index in [1.807, 2.05) is 0 Å². The van der Waals surface area contributed by atoms with E-state index in [4.69, 9.17) is 23.2 Å². The Balaban J connectivity index is 1.62. The Kier molecular flexibility index (Phi) is 7.31. The maximum absolute atomic E-state index is 12.5. The Morgan fingerprint density at radius 1 is 0.967 bits per heavy atom. The minimum atomic E-state index is -3.65. The van der Waals surface area contributed by atoms with Crippen LogP contribution in [0.1, 0.15) is 6.92 Å². The number of hydrogen-bond donors (Lipinski definition) is 2. The minimum Gasteiger partial charge on any atom is -0.324 e. The van der Waals surface area contributed by atoms with Crippen molar-refractivity contribution in [2.75, 3.05) is 10.0 Å². The van der Waals surface area contributed by atoms with E-state index in [-0.39, 0.29) is 10.8 Å². The summed E-state index contributed by atoms with van der Waals surface area (Å²) in [5.74, 6) is -0.224. The van der Waals surface area contributed by atoms with Gasteiger partial charge in [-0.2, -0.15) is 0 Å². The second-order valence-corrected chi connectivity index (χ2v) is 10.3. The molecule has 3 rings (SSSR count). The number of carbonyl (C=O) groups excluding carboxylic acids is 1. The van der Waals surface area contributed by atoms with Crippen LogP contribution in [-0.2, 0) is 14.8 Å². The van der Waals surface area contributed by atoms with Gasteiger partial charge in [0.1, 0.15) is 0 Å². The fourth-order valence-corrected chi connectivity index (χ4v) is 4.78. The minimum absolute atomic E-state index is 0.188. The lowest BCUT2D eigenvalue weighted by atomic mass is 10.3. The summed E-state index contributed by atoms with van der Waals surface area (Å²) in [4.78, 5) is 13.5. The molecule has 2 N–H and O–H groups in total. The molecule has 1 unspecified atom stereocenters. The Bertz CT molecular complexity index is 1140. The first-order chi connectivity index (χ1) is 14.2. The summed E-state index contributed by atoms with van der Waals surface area (Å²) < 4.78 is 27.3. The quantitative estimate of drug-likeness (QED) is 0.411. The molecule has 0 aromatic heterocycles. The largest absolute Gasteiger partial charge is 0.324 e. The van der Waals surface area contributed by atoms with Gasteiger partial charge in [0, 0.05) is 15.6 Å². The van der Waals surface area contributed by atoms with Gasteiger partial charge < -0.3 is 5.32 Å². The van der Waals surface area contributed by atoms with E-state index >= 15 is 0 Å². The van der Waals surface area contributed by atoms with Crippen LogP contribution >= 0.6 is 35.0 Å². The zero-order valence-corrected chi connectivity index (χ0v) is 18.9. The Morgan fingerprint density at radius 3 is 2.30 bits per heavy atom. The molecule has 3 aromatic carbocycles. The molecule has 0 saturated carbocycles. The Hall–Kier alpha value is -2.19. The van der Waals surface area contributed by atoms with Gasteiger partial charge in [0.05, 0.1) is 20.9 Å². The van der Waals surface area contributed by atoms with Crippen LogP contribution in [-0.4, -0.2) is 19.6 Å². The van der Waals surface area contributed by atoms with Crippen molar-refractivity contribution in [1.82, 2.24) is 0 Å². The molecule has 5 nitrogen and oxygen atoms in total. The highest BCUT2D eigenvalue weighted by atomic mass is 35.5. The first kappa shape index (κ1) is 22.5. The molecule has 3 aromatic rings. The zero-order valence-electron chi connectivity index (χ0n) is 15.8. The van der Waals surface area contributed by atoms with E-state index in [1.54, 1.807) is 67.6 Å². The number of rotatable bonds is 7. The molecule has 9 heteroatoms. The topological polar surface area (TPSA) is 75.3 Å². The molecule has 0 spiro atoms. The molecular formula is C21H18Cl2N2O3S2. The third kappa shape index (κ3) is 5.92. The van der Waals surface area contributed by atoms with Crippen LogP contribution in [0.2, 0.25) is 10.0 Å². The molecular weight excluding hydrogens is 463 g/mol. The number of anilines is 2. The van der Waals surface area contributed by atoms with E-state index in [1.165, 1.54) is 23.9 Å². The van der Waals surface area contributed by atoms with Crippen LogP contribution in [0.5, 0.6) is 0 Å². The van der Waals surface area contributed by atoms with Crippen molar-refractivity contribution in [3.05, 3.63) is 82.8 Å². The molecule has 1 atom stereocenters. The molecule has 0 radical (unpaired) electrons. The highest BCUT2D eigenvalue weighted by molar-refractivity contribution is 8.00. The monoisotopic (exact) mass is 480 g/mol. The van der Waals surface area contributed by atoms with Crippen molar-refractivity contribution in [2.45, 2.75) is 22.0 Å². The zero-order chi connectivity index (χ0) is 21.7. The summed E-state index contributed by atoms with van der Waals surface area (Å²) in [5, 5.41) is 3.23. The fraction of sp³-hybridized carbons (Fsp3) is 0.0952. The SMILES string of the molecule is CC(Sc1ccc(NS(=O)(=O)c2ccccc2)cc1)C(=O)Nc1cc(Cl)ccc1Cl. The summed E-state index contributed by atoms with van der Waals surface area (Å²) in [5.41, 5.74) is 0.887. The summed E-state index contributed by atoms with van der Waals surface area (Å²) in [6, 6.07) is 19.8. The third-order valence-electron chi connectivity index (χ3n) is 4.03. The van der Waals surface area contributed by atoms with E-state index in [2.05, 4.69) is 10.0 Å². The van der Waals surface area contributed by atoms with Gasteiger partial charge in [-0.3, -0.25) is 9.52 Å². The average molecular weight is 481 g/mol. The predicted molar refractivity (Wildman–Crippen MR) is 124 cm³/mol. The van der Waals surface area contributed by atoms with E-state index in [0.717, 1.165) is 4.90 Å². The van der Waals surface area contributed by atoms with Gasteiger partial charge in [-0.1, -0.05) is 41.4 Å². The maximum atomic E-state index is 12.5. The molecule has 0 aliphatic heterocycles. The van der Waals surface area contributed by atoms with Gasteiger partial charge in [0.25, 0.3) is 10.0 Å². The van der Waals surface area contributed by atoms with Gasteiger partial charge in [0.2, 0.25) is 5.91 Å². The first-order valence-electron chi connectivity index (χ1n) is 8.85. The van der Waals surface area contributed by atoms with E-state index in [9.17, 15) is 13.2 Å². The van der Waals surface area contributed by atoms with Crippen molar-refractivity contribution in [3.63, 3.8) is 0 Å². The molecule has 0 heterocycles. The smallest absolute Gasteiger partial charge is 0.261 e. The van der Waals surface area contributed by atoms with Crippen molar-refractivity contribution in [1.29, 1.82) is 0 Å². The van der Waals surface area contributed by atoms with E-state index in [0.29, 0.717) is 21.4 Å². The Morgan fingerprint density at radius 2 is 1.63 bits per heavy atom. The highest BCUT2D eigenvalue weighted by Gasteiger charge is 2.17. The summed E-state index contributed by atoms with van der Waals surface area (Å²) in [7, 11) is -3.65. The van der Waals surface area contributed by atoms with Crippen molar-refractivity contribution < 1.29 is 13.2 Å². The predicted octanol–water partition coefficient (Wildman–Crippen LogP) is 5.91. The number of carbonyl (C=O) groups is 1. The second-order valence-electron chi connectivity index (χ2n) is 6.32. The van der Waals surface area contributed by atoms with Crippen LogP contribution in [0.4, 0.5) is 11.4 Å². The van der Waals surface area contributed by atoms with Crippen molar-refractivity contribution >= 4 is 62.3 Å². The number of nitrogens with one attached hydrogen (secondary N) is 2. The summed E-state index contributed by atoms with van der Waals surface area (Å²) in [6.45, 7) is 1.77. The van der Waals surface area contributed by atoms with Crippen LogP contribution in [0.3, 0.4) is 0 Å². The lowest BCUT2D eigenvalue weighted by Crippen LogP contribution is -2.22. The van der Waals surface area contributed by atoms with Crippen LogP contribution in [0.15, 0.2) is 82.6 Å². The van der Waals surface area contributed by atoms with Crippen molar-refractivity contribution in [2.24, 2.45) is 0 Å². The third-order valence-corrected chi connectivity index (χ3v) is 7.10. The van der Waals surface area contributed by atoms with Crippen molar-refractivity contribution in [3.8, 4) is 0 Å². The molecule has 0 aliphatic rings. The normalized spacial score (nSPS) is 12.2. The number of sulfonamides is 1. The average Bonchev–Trinajstić information content (AvgIpc) is 2.72. The standard InChI is InChI=1S/C21H18Cl2N2O3S2/c1-14(21(26)24-20-13-15(22)7-12-19(20)23)29-17-10-8-16(9-11-17)25-30(27,28)18-5-3-2-4-6-18/h2-14,25H,1H3,(H,24,26). The fourth-order valence-electron chi connectivity index (χ4n) is 2.50. The van der Waals surface area contributed by atoms with Gasteiger partial charge in [-0.25, -0.2) is 8.42 Å². The molecule has 30 heavy (non-hydrogen) atoms. The highest BCUT2D eigenvalue weighted by Crippen LogP contribution is 2.29. The lowest BCUT2D eigenvalue weighted by molar-refractivity contribution is -0.115. The number of thioether (sulfide) groups is 1.